The standard InChI is InChI=1S/C32H34ClN3O5/c1-5-7-14-41-26-13-10-21(16-27(26)40-6-2)31-28-29(23-17-24(33)19(3)15-25(23)37)34-35-30(28)32(38)36(31)18-20-8-11-22(39-4)12-9-20/h8-13,15-17,31,37H,5-7,14,18H2,1-4H3,(H,34,35). The minimum atomic E-state index is -0.517. The number of rotatable bonds is 11. The van der Waals surface area contributed by atoms with Crippen LogP contribution in [-0.2, 0) is 6.54 Å². The van der Waals surface area contributed by atoms with Crippen molar-refractivity contribution in [3.8, 4) is 34.3 Å². The molecule has 0 aliphatic carbocycles. The number of phenolic OH excluding ortho intramolecular Hbond substituents is 1. The molecule has 5 rings (SSSR count). The molecule has 41 heavy (non-hydrogen) atoms. The van der Waals surface area contributed by atoms with Crippen LogP contribution in [0.4, 0.5) is 0 Å². The number of phenols is 1. The van der Waals surface area contributed by atoms with Gasteiger partial charge in [-0.05, 0) is 73.4 Å². The largest absolute Gasteiger partial charge is 0.507 e. The third-order valence-electron chi connectivity index (χ3n) is 7.25. The summed E-state index contributed by atoms with van der Waals surface area (Å²) in [6, 6.07) is 16.2. The number of methoxy groups -OCH3 is 1. The second kappa shape index (κ2) is 12.1. The summed E-state index contributed by atoms with van der Waals surface area (Å²) in [7, 11) is 1.62. The number of nitrogens with zero attached hydrogens (tertiary/aromatic N) is 2. The zero-order chi connectivity index (χ0) is 29.1. The molecule has 2 heterocycles. The van der Waals surface area contributed by atoms with Crippen LogP contribution in [0, 0.1) is 6.92 Å². The highest BCUT2D eigenvalue weighted by Crippen LogP contribution is 2.47. The number of H-pyrrole nitrogens is 1. The van der Waals surface area contributed by atoms with Crippen LogP contribution < -0.4 is 14.2 Å². The monoisotopic (exact) mass is 575 g/mol. The fourth-order valence-electron chi connectivity index (χ4n) is 5.10. The summed E-state index contributed by atoms with van der Waals surface area (Å²) in [5.41, 5.74) is 4.47. The Morgan fingerprint density at radius 3 is 2.54 bits per heavy atom. The Labute approximate surface area is 244 Å². The lowest BCUT2D eigenvalue weighted by Crippen LogP contribution is -2.29. The smallest absolute Gasteiger partial charge is 0.273 e. The molecule has 4 aromatic rings. The molecule has 0 saturated carbocycles. The predicted molar refractivity (Wildman–Crippen MR) is 158 cm³/mol. The average Bonchev–Trinajstić information content (AvgIpc) is 3.51. The summed E-state index contributed by atoms with van der Waals surface area (Å²) in [4.78, 5) is 15.7. The highest BCUT2D eigenvalue weighted by Gasteiger charge is 2.43. The number of aryl methyl sites for hydroxylation is 1. The molecule has 0 saturated heterocycles. The predicted octanol–water partition coefficient (Wildman–Crippen LogP) is 7.08. The molecule has 1 unspecified atom stereocenters. The maximum Gasteiger partial charge on any atom is 0.273 e. The number of halogens is 1. The maximum atomic E-state index is 13.9. The van der Waals surface area contributed by atoms with Crippen LogP contribution in [0.15, 0.2) is 54.6 Å². The first kappa shape index (κ1) is 28.4. The quantitative estimate of drug-likeness (QED) is 0.186. The summed E-state index contributed by atoms with van der Waals surface area (Å²) < 4.78 is 17.3. The summed E-state index contributed by atoms with van der Waals surface area (Å²) in [5, 5.41) is 18.8. The molecule has 1 aliphatic heterocycles. The first-order valence-corrected chi connectivity index (χ1v) is 14.1. The second-order valence-electron chi connectivity index (χ2n) is 10.0. The number of fused-ring (bicyclic) bond motifs is 1. The number of benzene rings is 3. The van der Waals surface area contributed by atoms with E-state index in [9.17, 15) is 9.90 Å². The van der Waals surface area contributed by atoms with Crippen LogP contribution in [0.5, 0.6) is 23.0 Å². The number of aromatic hydroxyl groups is 1. The van der Waals surface area contributed by atoms with E-state index >= 15 is 0 Å². The number of unbranched alkanes of at least 4 members (excludes halogenated alkanes) is 1. The van der Waals surface area contributed by atoms with Crippen molar-refractivity contribution in [1.82, 2.24) is 15.1 Å². The number of hydrogen-bond acceptors (Lipinski definition) is 6. The number of hydrogen-bond donors (Lipinski definition) is 2. The van der Waals surface area contributed by atoms with Gasteiger partial charge < -0.3 is 24.2 Å². The third-order valence-corrected chi connectivity index (χ3v) is 7.65. The topological polar surface area (TPSA) is 96.9 Å². The van der Waals surface area contributed by atoms with Gasteiger partial charge in [-0.1, -0.05) is 43.1 Å². The lowest BCUT2D eigenvalue weighted by atomic mass is 9.94. The number of carbonyl (C=O) groups excluding carboxylic acids is 1. The molecular formula is C32H34ClN3O5. The van der Waals surface area contributed by atoms with E-state index in [1.807, 2.05) is 56.3 Å². The van der Waals surface area contributed by atoms with Crippen molar-refractivity contribution in [2.75, 3.05) is 20.3 Å². The Bertz CT molecular complexity index is 1550. The van der Waals surface area contributed by atoms with Crippen molar-refractivity contribution in [3.63, 3.8) is 0 Å². The van der Waals surface area contributed by atoms with Gasteiger partial charge in [0.05, 0.1) is 26.4 Å². The Morgan fingerprint density at radius 2 is 1.83 bits per heavy atom. The SMILES string of the molecule is CCCCOc1ccc(C2c3c(-c4cc(Cl)c(C)cc4O)n[nH]c3C(=O)N2Cc2ccc(OC)cc2)cc1OCC. The number of ether oxygens (including phenoxy) is 3. The Balaban J connectivity index is 1.63. The Hall–Kier alpha value is -4.17. The van der Waals surface area contributed by atoms with Gasteiger partial charge in [-0.2, -0.15) is 5.10 Å². The molecule has 0 bridgehead atoms. The van der Waals surface area contributed by atoms with Crippen molar-refractivity contribution >= 4 is 17.5 Å². The summed E-state index contributed by atoms with van der Waals surface area (Å²) in [5.74, 6) is 1.85. The first-order chi connectivity index (χ1) is 19.9. The van der Waals surface area contributed by atoms with E-state index < -0.39 is 6.04 Å². The molecule has 0 radical (unpaired) electrons. The molecule has 1 aliphatic rings. The van der Waals surface area contributed by atoms with E-state index in [0.717, 1.165) is 35.3 Å². The van der Waals surface area contributed by atoms with Crippen molar-refractivity contribution < 1.29 is 24.1 Å². The van der Waals surface area contributed by atoms with Gasteiger partial charge in [0.1, 0.15) is 22.9 Å². The number of aromatic amines is 1. The van der Waals surface area contributed by atoms with Gasteiger partial charge in [-0.25, -0.2) is 0 Å². The Morgan fingerprint density at radius 1 is 1.05 bits per heavy atom. The van der Waals surface area contributed by atoms with E-state index in [0.29, 0.717) is 58.8 Å². The highest BCUT2D eigenvalue weighted by molar-refractivity contribution is 6.31. The van der Waals surface area contributed by atoms with E-state index in [1.165, 1.54) is 0 Å². The molecular weight excluding hydrogens is 542 g/mol. The van der Waals surface area contributed by atoms with Crippen LogP contribution in [0.1, 0.15) is 65.5 Å². The van der Waals surface area contributed by atoms with Crippen LogP contribution in [0.2, 0.25) is 5.02 Å². The zero-order valence-electron chi connectivity index (χ0n) is 23.7. The van der Waals surface area contributed by atoms with Crippen LogP contribution in [-0.4, -0.2) is 46.4 Å². The molecule has 1 atom stereocenters. The van der Waals surface area contributed by atoms with Gasteiger partial charge in [0.15, 0.2) is 11.5 Å². The Kier molecular flexibility index (Phi) is 8.40. The number of amides is 1. The van der Waals surface area contributed by atoms with Gasteiger partial charge in [-0.15, -0.1) is 0 Å². The molecule has 8 nitrogen and oxygen atoms in total. The summed E-state index contributed by atoms with van der Waals surface area (Å²) >= 11 is 6.45. The second-order valence-corrected chi connectivity index (χ2v) is 10.4. The van der Waals surface area contributed by atoms with Crippen LogP contribution in [0.25, 0.3) is 11.3 Å². The normalized spacial score (nSPS) is 14.3. The van der Waals surface area contributed by atoms with E-state index in [2.05, 4.69) is 17.1 Å². The van der Waals surface area contributed by atoms with Crippen molar-refractivity contribution in [2.45, 2.75) is 46.2 Å². The van der Waals surface area contributed by atoms with Gasteiger partial charge in [0, 0.05) is 22.7 Å². The maximum absolute atomic E-state index is 13.9. The van der Waals surface area contributed by atoms with E-state index in [4.69, 9.17) is 25.8 Å². The van der Waals surface area contributed by atoms with E-state index in [-0.39, 0.29) is 11.7 Å². The lowest BCUT2D eigenvalue weighted by Gasteiger charge is -2.27. The fourth-order valence-corrected chi connectivity index (χ4v) is 5.27. The van der Waals surface area contributed by atoms with Crippen molar-refractivity contribution in [2.24, 2.45) is 0 Å². The van der Waals surface area contributed by atoms with Crippen LogP contribution >= 0.6 is 11.6 Å². The molecule has 9 heteroatoms. The molecule has 0 fully saturated rings. The average molecular weight is 576 g/mol. The number of carbonyl (C=O) groups is 1. The molecule has 3 aromatic carbocycles. The van der Waals surface area contributed by atoms with Gasteiger partial charge in [-0.3, -0.25) is 9.89 Å². The van der Waals surface area contributed by atoms with Crippen LogP contribution in [0.3, 0.4) is 0 Å². The van der Waals surface area contributed by atoms with Crippen molar-refractivity contribution in [3.05, 3.63) is 87.6 Å². The minimum absolute atomic E-state index is 0.0377. The third kappa shape index (κ3) is 5.57. The van der Waals surface area contributed by atoms with Gasteiger partial charge in [0.25, 0.3) is 5.91 Å². The molecule has 214 valence electrons. The lowest BCUT2D eigenvalue weighted by molar-refractivity contribution is 0.0729. The summed E-state index contributed by atoms with van der Waals surface area (Å²) in [6.07, 6.45) is 1.96. The number of nitrogens with one attached hydrogen (secondary N) is 1. The van der Waals surface area contributed by atoms with Gasteiger partial charge >= 0.3 is 0 Å². The molecule has 1 aromatic heterocycles. The number of aromatic nitrogens is 2. The highest BCUT2D eigenvalue weighted by atomic mass is 35.5. The van der Waals surface area contributed by atoms with Crippen molar-refractivity contribution in [1.29, 1.82) is 0 Å². The van der Waals surface area contributed by atoms with E-state index in [1.54, 1.807) is 24.1 Å². The molecule has 0 spiro atoms. The summed E-state index contributed by atoms with van der Waals surface area (Å²) in [6.45, 7) is 7.25. The first-order valence-electron chi connectivity index (χ1n) is 13.8. The molecule has 1 amide bonds. The molecule has 2 N–H and O–H groups in total. The zero-order valence-corrected chi connectivity index (χ0v) is 24.4. The minimum Gasteiger partial charge on any atom is -0.507 e. The fraction of sp³-hybridized carbons (Fsp3) is 0.312. The van der Waals surface area contributed by atoms with Gasteiger partial charge in [0.2, 0.25) is 0 Å².